The second kappa shape index (κ2) is 5.40. The fraction of sp³-hybridized carbons (Fsp3) is 0.500. The standard InChI is InChI=1S/C12H17F3N2/c1-3-17(8-12(13,14)15)11-7-5-4-6-10(11)9(2)16/h4-7,9H,3,8,16H2,1-2H3. The number of nitrogens with zero attached hydrogens (tertiary/aromatic N) is 1. The summed E-state index contributed by atoms with van der Waals surface area (Å²) in [6.07, 6.45) is -4.21. The third-order valence-corrected chi connectivity index (χ3v) is 2.52. The lowest BCUT2D eigenvalue weighted by atomic mass is 10.1. The zero-order valence-corrected chi connectivity index (χ0v) is 9.96. The summed E-state index contributed by atoms with van der Waals surface area (Å²) < 4.78 is 37.3. The van der Waals surface area contributed by atoms with Crippen molar-refractivity contribution in [1.82, 2.24) is 0 Å². The van der Waals surface area contributed by atoms with Crippen molar-refractivity contribution in [3.05, 3.63) is 29.8 Å². The number of anilines is 1. The summed E-state index contributed by atoms with van der Waals surface area (Å²) in [5.41, 5.74) is 7.06. The van der Waals surface area contributed by atoms with Gasteiger partial charge in [-0.15, -0.1) is 0 Å². The topological polar surface area (TPSA) is 29.3 Å². The van der Waals surface area contributed by atoms with Crippen molar-refractivity contribution < 1.29 is 13.2 Å². The lowest BCUT2D eigenvalue weighted by Crippen LogP contribution is -2.35. The molecule has 0 heterocycles. The summed E-state index contributed by atoms with van der Waals surface area (Å²) >= 11 is 0. The van der Waals surface area contributed by atoms with Crippen molar-refractivity contribution in [3.63, 3.8) is 0 Å². The van der Waals surface area contributed by atoms with Gasteiger partial charge in [0.05, 0.1) is 0 Å². The zero-order valence-electron chi connectivity index (χ0n) is 9.96. The van der Waals surface area contributed by atoms with Gasteiger partial charge in [0.15, 0.2) is 0 Å². The SMILES string of the molecule is CCN(CC(F)(F)F)c1ccccc1C(C)N. The highest BCUT2D eigenvalue weighted by Gasteiger charge is 2.31. The summed E-state index contributed by atoms with van der Waals surface area (Å²) in [5.74, 6) is 0. The lowest BCUT2D eigenvalue weighted by molar-refractivity contribution is -0.119. The number of hydrogen-bond donors (Lipinski definition) is 1. The minimum Gasteiger partial charge on any atom is -0.363 e. The number of halogens is 3. The molecule has 5 heteroatoms. The lowest BCUT2D eigenvalue weighted by Gasteiger charge is -2.27. The van der Waals surface area contributed by atoms with Gasteiger partial charge in [0.2, 0.25) is 0 Å². The van der Waals surface area contributed by atoms with Crippen LogP contribution in [0.2, 0.25) is 0 Å². The Morgan fingerprint density at radius 3 is 2.35 bits per heavy atom. The molecule has 1 unspecified atom stereocenters. The van der Waals surface area contributed by atoms with Crippen LogP contribution in [0, 0.1) is 0 Å². The molecule has 96 valence electrons. The van der Waals surface area contributed by atoms with Gasteiger partial charge < -0.3 is 10.6 Å². The average molecular weight is 246 g/mol. The van der Waals surface area contributed by atoms with Crippen molar-refractivity contribution in [2.75, 3.05) is 18.0 Å². The highest BCUT2D eigenvalue weighted by Crippen LogP contribution is 2.27. The fourth-order valence-electron chi connectivity index (χ4n) is 1.74. The summed E-state index contributed by atoms with van der Waals surface area (Å²) in [7, 11) is 0. The van der Waals surface area contributed by atoms with Gasteiger partial charge in [-0.25, -0.2) is 0 Å². The molecule has 1 rings (SSSR count). The zero-order chi connectivity index (χ0) is 13.1. The Bertz CT molecular complexity index is 361. The van der Waals surface area contributed by atoms with Crippen molar-refractivity contribution in [2.24, 2.45) is 5.73 Å². The van der Waals surface area contributed by atoms with Gasteiger partial charge in [-0.05, 0) is 25.5 Å². The van der Waals surface area contributed by atoms with Crippen LogP contribution in [-0.2, 0) is 0 Å². The van der Waals surface area contributed by atoms with Gasteiger partial charge in [0.25, 0.3) is 0 Å². The molecular formula is C12H17F3N2. The molecule has 0 bridgehead atoms. The molecule has 0 saturated heterocycles. The van der Waals surface area contributed by atoms with E-state index in [4.69, 9.17) is 5.73 Å². The Labute approximate surface area is 99.2 Å². The molecule has 2 N–H and O–H groups in total. The first-order chi connectivity index (χ1) is 7.85. The number of alkyl halides is 3. The normalized spacial score (nSPS) is 13.5. The van der Waals surface area contributed by atoms with Crippen LogP contribution in [0.5, 0.6) is 0 Å². The maximum absolute atomic E-state index is 12.4. The number of hydrogen-bond acceptors (Lipinski definition) is 2. The molecule has 2 nitrogen and oxygen atoms in total. The van der Waals surface area contributed by atoms with Crippen molar-refractivity contribution in [3.8, 4) is 0 Å². The maximum Gasteiger partial charge on any atom is 0.405 e. The van der Waals surface area contributed by atoms with E-state index in [9.17, 15) is 13.2 Å². The first-order valence-corrected chi connectivity index (χ1v) is 5.51. The van der Waals surface area contributed by atoms with Gasteiger partial charge in [-0.2, -0.15) is 13.2 Å². The minimum atomic E-state index is -4.21. The largest absolute Gasteiger partial charge is 0.405 e. The summed E-state index contributed by atoms with van der Waals surface area (Å²) in [6, 6.07) is 6.66. The molecule has 0 aliphatic carbocycles. The average Bonchev–Trinajstić information content (AvgIpc) is 2.24. The van der Waals surface area contributed by atoms with E-state index in [1.165, 1.54) is 4.90 Å². The monoisotopic (exact) mass is 246 g/mol. The van der Waals surface area contributed by atoms with Crippen LogP contribution in [0.25, 0.3) is 0 Å². The first kappa shape index (κ1) is 13.8. The van der Waals surface area contributed by atoms with Crippen molar-refractivity contribution >= 4 is 5.69 Å². The van der Waals surface area contributed by atoms with Gasteiger partial charge in [0, 0.05) is 18.3 Å². The van der Waals surface area contributed by atoms with E-state index < -0.39 is 12.7 Å². The summed E-state index contributed by atoms with van der Waals surface area (Å²) in [5, 5.41) is 0. The molecule has 0 fully saturated rings. The van der Waals surface area contributed by atoms with E-state index in [1.807, 2.05) is 0 Å². The van der Waals surface area contributed by atoms with Crippen LogP contribution >= 0.6 is 0 Å². The second-order valence-corrected chi connectivity index (χ2v) is 3.98. The quantitative estimate of drug-likeness (QED) is 0.884. The summed E-state index contributed by atoms with van der Waals surface area (Å²) in [6.45, 7) is 2.81. The Morgan fingerprint density at radius 2 is 1.88 bits per heavy atom. The number of nitrogens with two attached hydrogens (primary N) is 1. The molecular weight excluding hydrogens is 229 g/mol. The van der Waals surface area contributed by atoms with E-state index in [2.05, 4.69) is 0 Å². The van der Waals surface area contributed by atoms with Gasteiger partial charge in [-0.1, -0.05) is 18.2 Å². The van der Waals surface area contributed by atoms with E-state index in [0.29, 0.717) is 12.2 Å². The Hall–Kier alpha value is -1.23. The number of benzene rings is 1. The molecule has 17 heavy (non-hydrogen) atoms. The van der Waals surface area contributed by atoms with Crippen molar-refractivity contribution in [2.45, 2.75) is 26.1 Å². The van der Waals surface area contributed by atoms with Crippen LogP contribution in [-0.4, -0.2) is 19.3 Å². The Balaban J connectivity index is 3.03. The van der Waals surface area contributed by atoms with Gasteiger partial charge >= 0.3 is 6.18 Å². The molecule has 0 aromatic heterocycles. The van der Waals surface area contributed by atoms with Crippen LogP contribution in [0.3, 0.4) is 0 Å². The molecule has 0 spiro atoms. The fourth-order valence-corrected chi connectivity index (χ4v) is 1.74. The van der Waals surface area contributed by atoms with E-state index in [-0.39, 0.29) is 6.04 Å². The van der Waals surface area contributed by atoms with Crippen LogP contribution in [0.4, 0.5) is 18.9 Å². The van der Waals surface area contributed by atoms with Crippen LogP contribution < -0.4 is 10.6 Å². The van der Waals surface area contributed by atoms with Gasteiger partial charge in [0.1, 0.15) is 6.54 Å². The first-order valence-electron chi connectivity index (χ1n) is 5.51. The van der Waals surface area contributed by atoms with E-state index in [0.717, 1.165) is 5.56 Å². The van der Waals surface area contributed by atoms with Gasteiger partial charge in [-0.3, -0.25) is 0 Å². The third kappa shape index (κ3) is 3.93. The highest BCUT2D eigenvalue weighted by atomic mass is 19.4. The maximum atomic E-state index is 12.4. The Morgan fingerprint density at radius 1 is 1.29 bits per heavy atom. The highest BCUT2D eigenvalue weighted by molar-refractivity contribution is 5.54. The predicted molar refractivity (Wildman–Crippen MR) is 63.0 cm³/mol. The molecule has 1 atom stereocenters. The predicted octanol–water partition coefficient (Wildman–Crippen LogP) is 3.09. The van der Waals surface area contributed by atoms with Crippen LogP contribution in [0.1, 0.15) is 25.5 Å². The minimum absolute atomic E-state index is 0.284. The van der Waals surface area contributed by atoms with E-state index in [1.54, 1.807) is 38.1 Å². The molecule has 1 aromatic carbocycles. The smallest absolute Gasteiger partial charge is 0.363 e. The Kier molecular flexibility index (Phi) is 4.40. The van der Waals surface area contributed by atoms with Crippen LogP contribution in [0.15, 0.2) is 24.3 Å². The number of rotatable bonds is 4. The molecule has 0 radical (unpaired) electrons. The van der Waals surface area contributed by atoms with E-state index >= 15 is 0 Å². The number of para-hydroxylation sites is 1. The second-order valence-electron chi connectivity index (χ2n) is 3.98. The summed E-state index contributed by atoms with van der Waals surface area (Å²) in [4.78, 5) is 1.29. The third-order valence-electron chi connectivity index (χ3n) is 2.52. The molecule has 0 saturated carbocycles. The molecule has 0 aliphatic rings. The molecule has 0 aliphatic heterocycles. The van der Waals surface area contributed by atoms with Crippen molar-refractivity contribution in [1.29, 1.82) is 0 Å². The molecule has 0 amide bonds. The molecule has 1 aromatic rings.